The molecular formula is C16H22N2O2. The van der Waals surface area contributed by atoms with E-state index in [4.69, 9.17) is 4.74 Å². The molecule has 2 atom stereocenters. The van der Waals surface area contributed by atoms with Gasteiger partial charge in [0.1, 0.15) is 5.75 Å². The van der Waals surface area contributed by atoms with Crippen molar-refractivity contribution in [2.24, 2.45) is 11.8 Å². The Morgan fingerprint density at radius 3 is 2.25 bits per heavy atom. The quantitative estimate of drug-likeness (QED) is 0.845. The number of amides is 1. The summed E-state index contributed by atoms with van der Waals surface area (Å²) in [6, 6.07) is 8.13. The van der Waals surface area contributed by atoms with Gasteiger partial charge in [0.25, 0.3) is 0 Å². The molecule has 108 valence electrons. The third kappa shape index (κ3) is 2.60. The van der Waals surface area contributed by atoms with Crippen LogP contribution in [0.5, 0.6) is 5.75 Å². The van der Waals surface area contributed by atoms with Crippen LogP contribution in [0.4, 0.5) is 5.69 Å². The Morgan fingerprint density at radius 2 is 1.75 bits per heavy atom. The van der Waals surface area contributed by atoms with Crippen molar-refractivity contribution in [2.75, 3.05) is 38.2 Å². The molecule has 1 amide bonds. The van der Waals surface area contributed by atoms with Crippen molar-refractivity contribution in [3.8, 4) is 5.75 Å². The summed E-state index contributed by atoms with van der Waals surface area (Å²) in [4.78, 5) is 16.6. The maximum atomic E-state index is 12.2. The van der Waals surface area contributed by atoms with Gasteiger partial charge in [-0.25, -0.2) is 0 Å². The summed E-state index contributed by atoms with van der Waals surface area (Å²) in [6.07, 6.45) is 1.08. The molecule has 3 rings (SSSR count). The van der Waals surface area contributed by atoms with E-state index >= 15 is 0 Å². The fraction of sp³-hybridized carbons (Fsp3) is 0.562. The lowest BCUT2D eigenvalue weighted by Crippen LogP contribution is -2.49. The fourth-order valence-electron chi connectivity index (χ4n) is 2.88. The van der Waals surface area contributed by atoms with Gasteiger partial charge in [-0.15, -0.1) is 0 Å². The van der Waals surface area contributed by atoms with Crippen LogP contribution in [0.3, 0.4) is 0 Å². The number of methoxy groups -OCH3 is 1. The van der Waals surface area contributed by atoms with Gasteiger partial charge in [0.05, 0.1) is 7.11 Å². The molecule has 4 heteroatoms. The van der Waals surface area contributed by atoms with E-state index in [2.05, 4.69) is 24.0 Å². The molecule has 1 heterocycles. The molecule has 0 spiro atoms. The maximum absolute atomic E-state index is 12.2. The van der Waals surface area contributed by atoms with Crippen molar-refractivity contribution in [1.82, 2.24) is 4.90 Å². The van der Waals surface area contributed by atoms with E-state index in [-0.39, 0.29) is 0 Å². The Hall–Kier alpha value is -1.71. The van der Waals surface area contributed by atoms with Gasteiger partial charge in [0.15, 0.2) is 0 Å². The van der Waals surface area contributed by atoms with Crippen LogP contribution in [-0.2, 0) is 4.79 Å². The predicted octanol–water partition coefficient (Wildman–Crippen LogP) is 2.00. The summed E-state index contributed by atoms with van der Waals surface area (Å²) in [7, 11) is 1.68. The molecule has 0 radical (unpaired) electrons. The molecule has 2 unspecified atom stereocenters. The van der Waals surface area contributed by atoms with Crippen LogP contribution in [-0.4, -0.2) is 44.1 Å². The monoisotopic (exact) mass is 274 g/mol. The highest BCUT2D eigenvalue weighted by Gasteiger charge is 2.41. The standard InChI is InChI=1S/C16H22N2O2/c1-12-11-15(12)16(19)18-9-7-17(8-10-18)13-3-5-14(20-2)6-4-13/h3-6,12,15H,7-11H2,1-2H3. The van der Waals surface area contributed by atoms with Crippen molar-refractivity contribution in [3.63, 3.8) is 0 Å². The van der Waals surface area contributed by atoms with E-state index in [0.29, 0.717) is 17.7 Å². The van der Waals surface area contributed by atoms with E-state index in [0.717, 1.165) is 38.3 Å². The van der Waals surface area contributed by atoms with Crippen LogP contribution in [0.2, 0.25) is 0 Å². The molecule has 0 bridgehead atoms. The minimum atomic E-state index is 0.308. The second-order valence-corrected chi connectivity index (χ2v) is 5.83. The minimum Gasteiger partial charge on any atom is -0.497 e. The van der Waals surface area contributed by atoms with Gasteiger partial charge in [-0.05, 0) is 36.6 Å². The second kappa shape index (κ2) is 5.35. The third-order valence-electron chi connectivity index (χ3n) is 4.46. The summed E-state index contributed by atoms with van der Waals surface area (Å²) >= 11 is 0. The van der Waals surface area contributed by atoms with Gasteiger partial charge < -0.3 is 14.5 Å². The number of carbonyl (C=O) groups is 1. The van der Waals surface area contributed by atoms with E-state index < -0.39 is 0 Å². The van der Waals surface area contributed by atoms with Crippen molar-refractivity contribution in [3.05, 3.63) is 24.3 Å². The van der Waals surface area contributed by atoms with Gasteiger partial charge in [-0.3, -0.25) is 4.79 Å². The van der Waals surface area contributed by atoms with E-state index in [9.17, 15) is 4.79 Å². The molecule has 1 aliphatic heterocycles. The fourth-order valence-corrected chi connectivity index (χ4v) is 2.88. The molecule has 1 aromatic carbocycles. The van der Waals surface area contributed by atoms with E-state index in [1.54, 1.807) is 7.11 Å². The molecule has 1 saturated carbocycles. The van der Waals surface area contributed by atoms with Gasteiger partial charge in [0.2, 0.25) is 5.91 Å². The van der Waals surface area contributed by atoms with Crippen LogP contribution in [0, 0.1) is 11.8 Å². The van der Waals surface area contributed by atoms with Crippen LogP contribution in [0.25, 0.3) is 0 Å². The van der Waals surface area contributed by atoms with Gasteiger partial charge in [0, 0.05) is 37.8 Å². The lowest BCUT2D eigenvalue weighted by atomic mass is 10.2. The van der Waals surface area contributed by atoms with Crippen molar-refractivity contribution < 1.29 is 9.53 Å². The summed E-state index contributed by atoms with van der Waals surface area (Å²) in [5, 5.41) is 0. The highest BCUT2D eigenvalue weighted by molar-refractivity contribution is 5.81. The molecule has 0 aromatic heterocycles. The zero-order valence-electron chi connectivity index (χ0n) is 12.2. The first kappa shape index (κ1) is 13.3. The SMILES string of the molecule is COc1ccc(N2CCN(C(=O)C3CC3C)CC2)cc1. The largest absolute Gasteiger partial charge is 0.497 e. The number of carbonyl (C=O) groups excluding carboxylic acids is 1. The molecule has 20 heavy (non-hydrogen) atoms. The van der Waals surface area contributed by atoms with Crippen LogP contribution < -0.4 is 9.64 Å². The van der Waals surface area contributed by atoms with Crippen LogP contribution in [0.15, 0.2) is 24.3 Å². The highest BCUT2D eigenvalue weighted by atomic mass is 16.5. The van der Waals surface area contributed by atoms with Gasteiger partial charge in [-0.1, -0.05) is 6.92 Å². The number of anilines is 1. The molecular weight excluding hydrogens is 252 g/mol. The molecule has 4 nitrogen and oxygen atoms in total. The number of piperazine rings is 1. The minimum absolute atomic E-state index is 0.308. The molecule has 1 aromatic rings. The highest BCUT2D eigenvalue weighted by Crippen LogP contribution is 2.39. The number of hydrogen-bond donors (Lipinski definition) is 0. The Kier molecular flexibility index (Phi) is 3.55. The van der Waals surface area contributed by atoms with Crippen LogP contribution >= 0.6 is 0 Å². The first-order chi connectivity index (χ1) is 9.69. The number of hydrogen-bond acceptors (Lipinski definition) is 3. The smallest absolute Gasteiger partial charge is 0.226 e. The molecule has 1 saturated heterocycles. The van der Waals surface area contributed by atoms with Gasteiger partial charge in [-0.2, -0.15) is 0 Å². The average molecular weight is 274 g/mol. The zero-order chi connectivity index (χ0) is 14.1. The predicted molar refractivity (Wildman–Crippen MR) is 79.1 cm³/mol. The van der Waals surface area contributed by atoms with E-state index in [1.807, 2.05) is 17.0 Å². The van der Waals surface area contributed by atoms with Crippen molar-refractivity contribution in [2.45, 2.75) is 13.3 Å². The molecule has 2 fully saturated rings. The van der Waals surface area contributed by atoms with Gasteiger partial charge >= 0.3 is 0 Å². The Labute approximate surface area is 120 Å². The molecule has 0 N–H and O–H groups in total. The number of benzene rings is 1. The first-order valence-electron chi connectivity index (χ1n) is 7.37. The lowest BCUT2D eigenvalue weighted by molar-refractivity contribution is -0.133. The van der Waals surface area contributed by atoms with Crippen molar-refractivity contribution in [1.29, 1.82) is 0 Å². The second-order valence-electron chi connectivity index (χ2n) is 5.83. The average Bonchev–Trinajstić information content (AvgIpc) is 3.24. The number of rotatable bonds is 3. The number of nitrogens with zero attached hydrogens (tertiary/aromatic N) is 2. The third-order valence-corrected chi connectivity index (χ3v) is 4.46. The van der Waals surface area contributed by atoms with E-state index in [1.165, 1.54) is 5.69 Å². The summed E-state index contributed by atoms with van der Waals surface area (Å²) in [5.74, 6) is 2.15. The maximum Gasteiger partial charge on any atom is 0.226 e. The zero-order valence-corrected chi connectivity index (χ0v) is 12.2. The summed E-state index contributed by atoms with van der Waals surface area (Å²) in [5.41, 5.74) is 1.21. The Bertz CT molecular complexity index is 478. The normalized spacial score (nSPS) is 25.5. The molecule has 2 aliphatic rings. The molecule has 1 aliphatic carbocycles. The Balaban J connectivity index is 1.56. The van der Waals surface area contributed by atoms with Crippen molar-refractivity contribution >= 4 is 11.6 Å². The Morgan fingerprint density at radius 1 is 1.15 bits per heavy atom. The topological polar surface area (TPSA) is 32.8 Å². The van der Waals surface area contributed by atoms with Crippen LogP contribution in [0.1, 0.15) is 13.3 Å². The first-order valence-corrected chi connectivity index (χ1v) is 7.37. The summed E-state index contributed by atoms with van der Waals surface area (Å²) < 4.78 is 5.18. The lowest BCUT2D eigenvalue weighted by Gasteiger charge is -2.36. The number of ether oxygens (including phenoxy) is 1. The summed E-state index contributed by atoms with van der Waals surface area (Å²) in [6.45, 7) is 5.68.